The van der Waals surface area contributed by atoms with E-state index in [0.29, 0.717) is 11.5 Å². The summed E-state index contributed by atoms with van der Waals surface area (Å²) in [6.07, 6.45) is 9.06. The van der Waals surface area contributed by atoms with E-state index < -0.39 is 17.9 Å². The van der Waals surface area contributed by atoms with Gasteiger partial charge in [-0.2, -0.15) is 0 Å². The van der Waals surface area contributed by atoms with Crippen LogP contribution in [0, 0.1) is 29.5 Å². The van der Waals surface area contributed by atoms with Gasteiger partial charge in [0.2, 0.25) is 0 Å². The molecule has 1 aromatic rings. The maximum atomic E-state index is 13.6. The summed E-state index contributed by atoms with van der Waals surface area (Å²) < 4.78 is 53.6. The molecule has 0 spiro atoms. The van der Waals surface area contributed by atoms with Gasteiger partial charge in [-0.3, -0.25) is 0 Å². The van der Waals surface area contributed by atoms with Gasteiger partial charge in [-0.15, -0.1) is 13.2 Å². The summed E-state index contributed by atoms with van der Waals surface area (Å²) in [6.45, 7) is 2.22. The molecule has 1 nitrogen and oxygen atoms in total. The van der Waals surface area contributed by atoms with E-state index in [1.165, 1.54) is 57.4 Å². The van der Waals surface area contributed by atoms with Crippen LogP contribution in [0.4, 0.5) is 17.6 Å². The van der Waals surface area contributed by atoms with Gasteiger partial charge in [0.05, 0.1) is 0 Å². The number of ether oxygens (including phenoxy) is 1. The van der Waals surface area contributed by atoms with Crippen LogP contribution in [0.5, 0.6) is 5.75 Å². The fourth-order valence-electron chi connectivity index (χ4n) is 3.45. The molecule has 5 heteroatoms. The van der Waals surface area contributed by atoms with Gasteiger partial charge in [-0.1, -0.05) is 50.5 Å². The molecule has 2 rings (SSSR count). The summed E-state index contributed by atoms with van der Waals surface area (Å²) in [5.41, 5.74) is 0.311. The molecular formula is C22H26F4O. The maximum absolute atomic E-state index is 13.6. The Morgan fingerprint density at radius 3 is 2.52 bits per heavy atom. The molecule has 148 valence electrons. The van der Waals surface area contributed by atoms with Crippen LogP contribution in [0.1, 0.15) is 63.9 Å². The average Bonchev–Trinajstić information content (AvgIpc) is 2.61. The molecule has 0 aromatic heterocycles. The van der Waals surface area contributed by atoms with Crippen molar-refractivity contribution in [2.45, 2.75) is 64.7 Å². The van der Waals surface area contributed by atoms with Crippen molar-refractivity contribution < 1.29 is 22.3 Å². The Balaban J connectivity index is 1.81. The van der Waals surface area contributed by atoms with Crippen molar-refractivity contribution in [2.24, 2.45) is 11.8 Å². The van der Waals surface area contributed by atoms with Crippen LogP contribution in [0.25, 0.3) is 0 Å². The van der Waals surface area contributed by atoms with Gasteiger partial charge < -0.3 is 4.74 Å². The number of hydrogen-bond donors (Lipinski definition) is 0. The fraction of sp³-hybridized carbons (Fsp3) is 0.545. The third-order valence-corrected chi connectivity index (χ3v) is 4.93. The van der Waals surface area contributed by atoms with Gasteiger partial charge in [-0.05, 0) is 61.8 Å². The minimum absolute atomic E-state index is 0.311. The Morgan fingerprint density at radius 2 is 1.89 bits per heavy atom. The first-order chi connectivity index (χ1) is 12.9. The van der Waals surface area contributed by atoms with Crippen LogP contribution in [-0.2, 0) is 0 Å². The summed E-state index contributed by atoms with van der Waals surface area (Å²) in [5, 5.41) is 0. The highest BCUT2D eigenvalue weighted by molar-refractivity contribution is 5.41. The Labute approximate surface area is 158 Å². The van der Waals surface area contributed by atoms with Gasteiger partial charge in [0.1, 0.15) is 0 Å². The minimum Gasteiger partial charge on any atom is -0.403 e. The van der Waals surface area contributed by atoms with Crippen molar-refractivity contribution >= 4 is 0 Å². The largest absolute Gasteiger partial charge is 0.573 e. The van der Waals surface area contributed by atoms with Gasteiger partial charge in [0.25, 0.3) is 0 Å². The lowest BCUT2D eigenvalue weighted by atomic mass is 9.79. The van der Waals surface area contributed by atoms with E-state index in [9.17, 15) is 17.6 Å². The zero-order valence-electron chi connectivity index (χ0n) is 15.6. The molecule has 1 fully saturated rings. The molecule has 1 aliphatic carbocycles. The molecule has 0 saturated heterocycles. The molecule has 27 heavy (non-hydrogen) atoms. The molecule has 0 bridgehead atoms. The number of allylic oxidation sites excluding steroid dienone is 2. The Kier molecular flexibility index (Phi) is 8.22. The van der Waals surface area contributed by atoms with Gasteiger partial charge in [0, 0.05) is 5.56 Å². The monoisotopic (exact) mass is 382 g/mol. The lowest BCUT2D eigenvalue weighted by Crippen LogP contribution is -2.17. The molecule has 1 aromatic carbocycles. The molecule has 0 heterocycles. The number of rotatable bonds is 6. The first kappa shape index (κ1) is 21.3. The Morgan fingerprint density at radius 1 is 1.15 bits per heavy atom. The number of unbranched alkanes of at least 4 members (excludes halogenated alkanes) is 2. The first-order valence-electron chi connectivity index (χ1n) is 9.61. The van der Waals surface area contributed by atoms with E-state index in [-0.39, 0.29) is 0 Å². The lowest BCUT2D eigenvalue weighted by Gasteiger charge is -2.26. The number of benzene rings is 1. The van der Waals surface area contributed by atoms with E-state index in [1.807, 2.05) is 0 Å². The van der Waals surface area contributed by atoms with Crippen molar-refractivity contribution in [1.29, 1.82) is 0 Å². The Bertz CT molecular complexity index is 674. The van der Waals surface area contributed by atoms with Gasteiger partial charge >= 0.3 is 6.36 Å². The molecule has 0 unspecified atom stereocenters. The third-order valence-electron chi connectivity index (χ3n) is 4.93. The van der Waals surface area contributed by atoms with Crippen LogP contribution in [0.3, 0.4) is 0 Å². The SMILES string of the molecule is CCCCC[C@H]1CC[C@H](/C=C/C#Cc2ccc(OC(F)(F)F)c(F)c2)CC1. The van der Waals surface area contributed by atoms with Crippen LogP contribution < -0.4 is 4.74 Å². The van der Waals surface area contributed by atoms with Crippen LogP contribution in [-0.4, -0.2) is 6.36 Å². The predicted molar refractivity (Wildman–Crippen MR) is 98.7 cm³/mol. The Hall–Kier alpha value is -1.96. The number of halogens is 4. The van der Waals surface area contributed by atoms with Crippen molar-refractivity contribution in [2.75, 3.05) is 0 Å². The topological polar surface area (TPSA) is 9.23 Å². The molecule has 0 atom stereocenters. The van der Waals surface area contributed by atoms with Gasteiger partial charge in [0.15, 0.2) is 11.6 Å². The predicted octanol–water partition coefficient (Wildman–Crippen LogP) is 7.02. The second kappa shape index (κ2) is 10.4. The summed E-state index contributed by atoms with van der Waals surface area (Å²) >= 11 is 0. The van der Waals surface area contributed by atoms with E-state index in [1.54, 1.807) is 6.08 Å². The normalized spacial score (nSPS) is 20.3. The molecule has 0 amide bonds. The smallest absolute Gasteiger partial charge is 0.403 e. The highest BCUT2D eigenvalue weighted by Crippen LogP contribution is 2.32. The highest BCUT2D eigenvalue weighted by atomic mass is 19.4. The third kappa shape index (κ3) is 8.07. The molecule has 0 N–H and O–H groups in total. The molecular weight excluding hydrogens is 356 g/mol. The van der Waals surface area contributed by atoms with E-state index in [0.717, 1.165) is 18.1 Å². The van der Waals surface area contributed by atoms with Gasteiger partial charge in [-0.25, -0.2) is 4.39 Å². The van der Waals surface area contributed by atoms with Crippen LogP contribution in [0.2, 0.25) is 0 Å². The van der Waals surface area contributed by atoms with Crippen molar-refractivity contribution in [3.8, 4) is 17.6 Å². The summed E-state index contributed by atoms with van der Waals surface area (Å²) in [5.74, 6) is 5.04. The minimum atomic E-state index is -4.91. The maximum Gasteiger partial charge on any atom is 0.573 e. The molecule has 0 radical (unpaired) electrons. The zero-order chi connectivity index (χ0) is 19.7. The number of alkyl halides is 3. The first-order valence-corrected chi connectivity index (χ1v) is 9.61. The summed E-state index contributed by atoms with van der Waals surface area (Å²) in [4.78, 5) is 0. The summed E-state index contributed by atoms with van der Waals surface area (Å²) in [6, 6.07) is 3.20. The quantitative estimate of drug-likeness (QED) is 0.292. The molecule has 0 aliphatic heterocycles. The van der Waals surface area contributed by atoms with Crippen molar-refractivity contribution in [3.05, 3.63) is 41.7 Å². The van der Waals surface area contributed by atoms with Crippen LogP contribution >= 0.6 is 0 Å². The lowest BCUT2D eigenvalue weighted by molar-refractivity contribution is -0.275. The van der Waals surface area contributed by atoms with Crippen molar-refractivity contribution in [3.63, 3.8) is 0 Å². The molecule has 1 saturated carbocycles. The zero-order valence-corrected chi connectivity index (χ0v) is 15.6. The second-order valence-electron chi connectivity index (χ2n) is 7.10. The van der Waals surface area contributed by atoms with Crippen molar-refractivity contribution in [1.82, 2.24) is 0 Å². The summed E-state index contributed by atoms with van der Waals surface area (Å²) in [7, 11) is 0. The van der Waals surface area contributed by atoms with Crippen LogP contribution in [0.15, 0.2) is 30.4 Å². The fourth-order valence-corrected chi connectivity index (χ4v) is 3.45. The van der Waals surface area contributed by atoms with E-state index in [4.69, 9.17) is 0 Å². The average molecular weight is 382 g/mol. The number of hydrogen-bond acceptors (Lipinski definition) is 1. The van der Waals surface area contributed by atoms with E-state index in [2.05, 4.69) is 29.6 Å². The molecule has 1 aliphatic rings. The second-order valence-corrected chi connectivity index (χ2v) is 7.10. The highest BCUT2D eigenvalue weighted by Gasteiger charge is 2.32. The van der Waals surface area contributed by atoms with E-state index >= 15 is 0 Å². The standard InChI is InChI=1S/C22H26F4O/c1-2-3-4-7-17-10-12-18(13-11-17)8-5-6-9-19-14-15-21(20(23)16-19)27-22(24,25)26/h5,8,14-18H,2-4,7,10-13H2,1H3/b8-5+/t17-,18-.